The van der Waals surface area contributed by atoms with Crippen molar-refractivity contribution in [3.8, 4) is 0 Å². The summed E-state index contributed by atoms with van der Waals surface area (Å²) in [5, 5.41) is 10.3. The van der Waals surface area contributed by atoms with Gasteiger partial charge >= 0.3 is 12.1 Å². The van der Waals surface area contributed by atoms with E-state index < -0.39 is 12.1 Å². The van der Waals surface area contributed by atoms with Gasteiger partial charge in [0.1, 0.15) is 5.82 Å². The van der Waals surface area contributed by atoms with Crippen LogP contribution in [0.1, 0.15) is 11.1 Å². The number of carboxylic acids is 1. The monoisotopic (exact) mass is 369 g/mol. The maximum atomic E-state index is 13.5. The number of hydrogen-bond acceptors (Lipinski definition) is 2. The summed E-state index contributed by atoms with van der Waals surface area (Å²) in [5.41, 5.74) is 3.01. The first-order chi connectivity index (χ1) is 9.62. The zero-order chi connectivity index (χ0) is 16.2. The number of alkyl halides is 3. The SMILES string of the molecule is Cc1c(C=C2CNC2)ccc(Br)c1F.O=C(O)C(F)(F)F. The van der Waals surface area contributed by atoms with Gasteiger partial charge in [0, 0.05) is 13.1 Å². The third-order valence-corrected chi connectivity index (χ3v) is 3.30. The molecule has 2 N–H and O–H groups in total. The fourth-order valence-electron chi connectivity index (χ4n) is 1.41. The first-order valence-corrected chi connectivity index (χ1v) is 6.57. The van der Waals surface area contributed by atoms with Gasteiger partial charge in [-0.15, -0.1) is 0 Å². The number of halogens is 5. The van der Waals surface area contributed by atoms with Crippen molar-refractivity contribution in [3.63, 3.8) is 0 Å². The lowest BCUT2D eigenvalue weighted by atomic mass is 10.0. The molecule has 0 aromatic heterocycles. The van der Waals surface area contributed by atoms with Crippen LogP contribution >= 0.6 is 15.9 Å². The number of carbonyl (C=O) groups is 1. The van der Waals surface area contributed by atoms with Gasteiger partial charge in [0.05, 0.1) is 4.47 Å². The molecule has 0 saturated carbocycles. The standard InChI is InChI=1S/C11H11BrFN.C2HF3O2/c1-7-9(4-8-5-14-6-8)2-3-10(12)11(7)13;3-2(4,5)1(6)7/h2-4,14H,5-6H2,1H3;(H,6,7). The van der Waals surface area contributed by atoms with Crippen LogP contribution < -0.4 is 5.32 Å². The zero-order valence-electron chi connectivity index (χ0n) is 10.9. The van der Waals surface area contributed by atoms with Crippen molar-refractivity contribution < 1.29 is 27.5 Å². The fourth-order valence-corrected chi connectivity index (χ4v) is 1.84. The minimum Gasteiger partial charge on any atom is -0.475 e. The number of aliphatic carboxylic acids is 1. The Morgan fingerprint density at radius 1 is 1.38 bits per heavy atom. The Hall–Kier alpha value is -1.41. The smallest absolute Gasteiger partial charge is 0.475 e. The molecular formula is C13H12BrF4NO2. The molecule has 0 atom stereocenters. The zero-order valence-corrected chi connectivity index (χ0v) is 12.5. The average Bonchev–Trinajstić information content (AvgIpc) is 2.32. The van der Waals surface area contributed by atoms with Gasteiger partial charge in [-0.1, -0.05) is 12.1 Å². The quantitative estimate of drug-likeness (QED) is 0.744. The molecule has 0 bridgehead atoms. The molecule has 0 aliphatic carbocycles. The van der Waals surface area contributed by atoms with Crippen molar-refractivity contribution in [3.05, 3.63) is 39.1 Å². The van der Waals surface area contributed by atoms with Gasteiger partial charge < -0.3 is 10.4 Å². The van der Waals surface area contributed by atoms with Crippen molar-refractivity contribution in [2.45, 2.75) is 13.1 Å². The van der Waals surface area contributed by atoms with Crippen molar-refractivity contribution in [1.29, 1.82) is 0 Å². The summed E-state index contributed by atoms with van der Waals surface area (Å²) in [6.45, 7) is 3.66. The third-order valence-electron chi connectivity index (χ3n) is 2.69. The molecule has 0 unspecified atom stereocenters. The lowest BCUT2D eigenvalue weighted by Crippen LogP contribution is -2.33. The largest absolute Gasteiger partial charge is 0.490 e. The molecule has 8 heteroatoms. The van der Waals surface area contributed by atoms with Crippen LogP contribution in [0.2, 0.25) is 0 Å². The van der Waals surface area contributed by atoms with E-state index in [1.54, 1.807) is 13.0 Å². The molecule has 1 aromatic rings. The van der Waals surface area contributed by atoms with Crippen molar-refractivity contribution in [2.24, 2.45) is 0 Å². The second-order valence-electron chi connectivity index (χ2n) is 4.28. The topological polar surface area (TPSA) is 49.3 Å². The van der Waals surface area contributed by atoms with E-state index in [9.17, 15) is 17.6 Å². The van der Waals surface area contributed by atoms with E-state index in [2.05, 4.69) is 27.3 Å². The number of rotatable bonds is 1. The molecule has 1 fully saturated rings. The van der Waals surface area contributed by atoms with Crippen LogP contribution in [0.15, 0.2) is 22.2 Å². The number of benzene rings is 1. The molecule has 1 saturated heterocycles. The minimum absolute atomic E-state index is 0.161. The van der Waals surface area contributed by atoms with E-state index >= 15 is 0 Å². The first kappa shape index (κ1) is 17.6. The summed E-state index contributed by atoms with van der Waals surface area (Å²) < 4.78 is 45.7. The van der Waals surface area contributed by atoms with Gasteiger partial charge in [-0.05, 0) is 45.6 Å². The highest BCUT2D eigenvalue weighted by Gasteiger charge is 2.38. The lowest BCUT2D eigenvalue weighted by Gasteiger charge is -2.19. The molecule has 1 aliphatic rings. The van der Waals surface area contributed by atoms with Crippen LogP contribution in [-0.4, -0.2) is 30.3 Å². The Balaban J connectivity index is 0.000000270. The highest BCUT2D eigenvalue weighted by molar-refractivity contribution is 9.10. The third kappa shape index (κ3) is 5.13. The predicted octanol–water partition coefficient (Wildman–Crippen LogP) is 3.52. The predicted molar refractivity (Wildman–Crippen MR) is 73.4 cm³/mol. The van der Waals surface area contributed by atoms with Gasteiger partial charge in [-0.25, -0.2) is 9.18 Å². The molecule has 116 valence electrons. The highest BCUT2D eigenvalue weighted by Crippen LogP contribution is 2.23. The maximum absolute atomic E-state index is 13.5. The molecule has 0 radical (unpaired) electrons. The highest BCUT2D eigenvalue weighted by atomic mass is 79.9. The first-order valence-electron chi connectivity index (χ1n) is 5.77. The van der Waals surface area contributed by atoms with Gasteiger partial charge in [0.25, 0.3) is 0 Å². The van der Waals surface area contributed by atoms with E-state index in [0.717, 1.165) is 18.7 Å². The number of hydrogen-bond donors (Lipinski definition) is 2. The van der Waals surface area contributed by atoms with Gasteiger partial charge in [0.15, 0.2) is 0 Å². The van der Waals surface area contributed by atoms with Gasteiger partial charge in [-0.3, -0.25) is 0 Å². The Morgan fingerprint density at radius 3 is 2.29 bits per heavy atom. The van der Waals surface area contributed by atoms with Crippen molar-refractivity contribution in [1.82, 2.24) is 5.32 Å². The molecule has 0 amide bonds. The van der Waals surface area contributed by atoms with E-state index in [4.69, 9.17) is 9.90 Å². The van der Waals surface area contributed by atoms with Crippen LogP contribution in [0.5, 0.6) is 0 Å². The van der Waals surface area contributed by atoms with Crippen LogP contribution in [0, 0.1) is 12.7 Å². The summed E-state index contributed by atoms with van der Waals surface area (Å²) in [6, 6.07) is 3.69. The van der Waals surface area contributed by atoms with Crippen LogP contribution in [0.4, 0.5) is 17.6 Å². The summed E-state index contributed by atoms with van der Waals surface area (Å²) >= 11 is 3.17. The van der Waals surface area contributed by atoms with Crippen LogP contribution in [0.25, 0.3) is 6.08 Å². The Morgan fingerprint density at radius 2 is 1.90 bits per heavy atom. The molecule has 21 heavy (non-hydrogen) atoms. The normalized spacial score (nSPS) is 13.9. The summed E-state index contributed by atoms with van der Waals surface area (Å²) in [5.74, 6) is -2.92. The van der Waals surface area contributed by atoms with E-state index in [-0.39, 0.29) is 5.82 Å². The summed E-state index contributed by atoms with van der Waals surface area (Å²) in [4.78, 5) is 8.90. The number of carboxylic acid groups (broad SMARTS) is 1. The molecule has 1 aromatic carbocycles. The van der Waals surface area contributed by atoms with Crippen LogP contribution in [0.3, 0.4) is 0 Å². The molecule has 0 spiro atoms. The molecule has 3 nitrogen and oxygen atoms in total. The second kappa shape index (κ2) is 7.04. The van der Waals surface area contributed by atoms with Crippen molar-refractivity contribution in [2.75, 3.05) is 13.1 Å². The van der Waals surface area contributed by atoms with E-state index in [1.807, 2.05) is 6.07 Å². The second-order valence-corrected chi connectivity index (χ2v) is 5.14. The van der Waals surface area contributed by atoms with E-state index in [0.29, 0.717) is 10.0 Å². The fraction of sp³-hybridized carbons (Fsp3) is 0.308. The van der Waals surface area contributed by atoms with Gasteiger partial charge in [-0.2, -0.15) is 13.2 Å². The summed E-state index contributed by atoms with van der Waals surface area (Å²) in [6.07, 6.45) is -3.03. The Labute approximate surface area is 126 Å². The Bertz CT molecular complexity index is 564. The average molecular weight is 370 g/mol. The molecular weight excluding hydrogens is 358 g/mol. The van der Waals surface area contributed by atoms with Crippen molar-refractivity contribution >= 4 is 28.0 Å². The van der Waals surface area contributed by atoms with E-state index in [1.165, 1.54) is 5.57 Å². The summed E-state index contributed by atoms with van der Waals surface area (Å²) in [7, 11) is 0. The Kier molecular flexibility index (Phi) is 5.91. The minimum atomic E-state index is -5.08. The van der Waals surface area contributed by atoms with Gasteiger partial charge in [0.2, 0.25) is 0 Å². The van der Waals surface area contributed by atoms with Crippen LogP contribution in [-0.2, 0) is 4.79 Å². The molecule has 2 rings (SSSR count). The number of nitrogens with one attached hydrogen (secondary N) is 1. The molecule has 1 aliphatic heterocycles. The lowest BCUT2D eigenvalue weighted by molar-refractivity contribution is -0.192. The molecule has 1 heterocycles. The maximum Gasteiger partial charge on any atom is 0.490 e.